The smallest absolute Gasteiger partial charge is 0.150 e. The molecule has 0 atom stereocenters. The lowest BCUT2D eigenvalue weighted by Crippen LogP contribution is -2.03. The van der Waals surface area contributed by atoms with E-state index in [2.05, 4.69) is 15.9 Å². The van der Waals surface area contributed by atoms with Crippen LogP contribution in [-0.2, 0) is 6.61 Å². The SMILES string of the molecule is O=Cc1ccc(OCc2c(F)ccc(Br)c2F)c(Cl)c1. The Labute approximate surface area is 127 Å². The second kappa shape index (κ2) is 6.33. The summed E-state index contributed by atoms with van der Waals surface area (Å²) < 4.78 is 32.7. The van der Waals surface area contributed by atoms with E-state index in [1.807, 2.05) is 0 Å². The normalized spacial score (nSPS) is 10.4. The molecule has 6 heteroatoms. The first kappa shape index (κ1) is 14.9. The molecule has 0 aromatic heterocycles. The van der Waals surface area contributed by atoms with Gasteiger partial charge in [0.1, 0.15) is 30.3 Å². The van der Waals surface area contributed by atoms with Gasteiger partial charge in [0.25, 0.3) is 0 Å². The van der Waals surface area contributed by atoms with Gasteiger partial charge in [-0.25, -0.2) is 8.78 Å². The van der Waals surface area contributed by atoms with E-state index in [1.165, 1.54) is 24.3 Å². The molecule has 0 fully saturated rings. The minimum absolute atomic E-state index is 0.153. The van der Waals surface area contributed by atoms with E-state index in [9.17, 15) is 13.6 Å². The van der Waals surface area contributed by atoms with Gasteiger partial charge in [-0.3, -0.25) is 4.79 Å². The molecule has 2 aromatic carbocycles. The van der Waals surface area contributed by atoms with Crippen molar-refractivity contribution in [2.24, 2.45) is 0 Å². The lowest BCUT2D eigenvalue weighted by atomic mass is 10.2. The van der Waals surface area contributed by atoms with Gasteiger partial charge in [-0.15, -0.1) is 0 Å². The molecule has 0 heterocycles. The molecule has 0 aliphatic heterocycles. The van der Waals surface area contributed by atoms with Crippen LogP contribution in [0.3, 0.4) is 0 Å². The van der Waals surface area contributed by atoms with E-state index in [-0.39, 0.29) is 27.4 Å². The number of ether oxygens (including phenoxy) is 1. The minimum Gasteiger partial charge on any atom is -0.487 e. The van der Waals surface area contributed by atoms with Crippen molar-refractivity contribution in [3.8, 4) is 5.75 Å². The lowest BCUT2D eigenvalue weighted by molar-refractivity contribution is 0.112. The Morgan fingerprint density at radius 3 is 2.65 bits per heavy atom. The van der Waals surface area contributed by atoms with Gasteiger partial charge < -0.3 is 4.74 Å². The van der Waals surface area contributed by atoms with Gasteiger partial charge in [-0.1, -0.05) is 11.6 Å². The molecular formula is C14H8BrClF2O2. The van der Waals surface area contributed by atoms with E-state index < -0.39 is 11.6 Å². The average molecular weight is 362 g/mol. The van der Waals surface area contributed by atoms with Crippen molar-refractivity contribution in [2.45, 2.75) is 6.61 Å². The van der Waals surface area contributed by atoms with Gasteiger partial charge in [0.05, 0.1) is 15.1 Å². The Kier molecular flexibility index (Phi) is 4.73. The minimum atomic E-state index is -0.717. The number of carbonyl (C=O) groups excluding carboxylic acids is 1. The van der Waals surface area contributed by atoms with Crippen LogP contribution in [0, 0.1) is 11.6 Å². The third kappa shape index (κ3) is 3.16. The number of halogens is 4. The van der Waals surface area contributed by atoms with Crippen LogP contribution >= 0.6 is 27.5 Å². The van der Waals surface area contributed by atoms with Gasteiger partial charge in [0.2, 0.25) is 0 Å². The first-order chi connectivity index (χ1) is 9.52. The fourth-order valence-corrected chi connectivity index (χ4v) is 2.17. The van der Waals surface area contributed by atoms with Crippen molar-refractivity contribution in [2.75, 3.05) is 0 Å². The highest BCUT2D eigenvalue weighted by molar-refractivity contribution is 9.10. The Hall–Kier alpha value is -1.46. The maximum atomic E-state index is 13.7. The van der Waals surface area contributed by atoms with E-state index in [0.717, 1.165) is 6.07 Å². The fourth-order valence-electron chi connectivity index (χ4n) is 1.56. The highest BCUT2D eigenvalue weighted by Crippen LogP contribution is 2.28. The van der Waals surface area contributed by atoms with E-state index in [0.29, 0.717) is 11.8 Å². The highest BCUT2D eigenvalue weighted by Gasteiger charge is 2.13. The molecule has 2 nitrogen and oxygen atoms in total. The Morgan fingerprint density at radius 1 is 1.25 bits per heavy atom. The Balaban J connectivity index is 2.21. The molecular weight excluding hydrogens is 354 g/mol. The molecule has 0 aliphatic carbocycles. The summed E-state index contributed by atoms with van der Waals surface area (Å²) in [5, 5.41) is 0.199. The van der Waals surface area contributed by atoms with Crippen molar-refractivity contribution >= 4 is 33.8 Å². The number of carbonyl (C=O) groups is 1. The molecule has 2 aromatic rings. The van der Waals surface area contributed by atoms with Crippen molar-refractivity contribution < 1.29 is 18.3 Å². The van der Waals surface area contributed by atoms with E-state index in [1.54, 1.807) is 0 Å². The van der Waals surface area contributed by atoms with Crippen LogP contribution in [0.5, 0.6) is 5.75 Å². The first-order valence-electron chi connectivity index (χ1n) is 5.53. The van der Waals surface area contributed by atoms with Gasteiger partial charge in [-0.05, 0) is 46.3 Å². The molecule has 0 unspecified atom stereocenters. The zero-order valence-electron chi connectivity index (χ0n) is 10.00. The largest absolute Gasteiger partial charge is 0.487 e. The summed E-state index contributed by atoms with van der Waals surface area (Å²) in [6, 6.07) is 6.81. The summed E-state index contributed by atoms with van der Waals surface area (Å²) in [5.41, 5.74) is 0.192. The molecule has 0 radical (unpaired) electrons. The Bertz CT molecular complexity index is 662. The topological polar surface area (TPSA) is 26.3 Å². The third-order valence-electron chi connectivity index (χ3n) is 2.60. The van der Waals surface area contributed by atoms with Crippen LogP contribution < -0.4 is 4.74 Å². The van der Waals surface area contributed by atoms with E-state index >= 15 is 0 Å². The van der Waals surface area contributed by atoms with Crippen molar-refractivity contribution in [3.63, 3.8) is 0 Å². The molecule has 104 valence electrons. The zero-order valence-corrected chi connectivity index (χ0v) is 12.3. The summed E-state index contributed by atoms with van der Waals surface area (Å²) in [5.74, 6) is -1.17. The summed E-state index contributed by atoms with van der Waals surface area (Å²) in [7, 11) is 0. The van der Waals surface area contributed by atoms with Gasteiger partial charge in [0.15, 0.2) is 0 Å². The van der Waals surface area contributed by atoms with Crippen LogP contribution in [0.15, 0.2) is 34.8 Å². The standard InChI is InChI=1S/C14H8BrClF2O2/c15-10-2-3-12(17)9(14(10)18)7-20-13-4-1-8(6-19)5-11(13)16/h1-6H,7H2. The van der Waals surface area contributed by atoms with Crippen LogP contribution in [0.25, 0.3) is 0 Å². The number of aldehydes is 1. The predicted octanol–water partition coefficient (Wildman–Crippen LogP) is 4.77. The number of rotatable bonds is 4. The molecule has 0 saturated carbocycles. The average Bonchev–Trinajstić information content (AvgIpc) is 2.44. The molecule has 0 aliphatic rings. The second-order valence-corrected chi connectivity index (χ2v) is 5.18. The third-order valence-corrected chi connectivity index (χ3v) is 3.51. The molecule has 2 rings (SSSR count). The van der Waals surface area contributed by atoms with Crippen LogP contribution in [-0.4, -0.2) is 6.29 Å². The van der Waals surface area contributed by atoms with Crippen molar-refractivity contribution in [1.29, 1.82) is 0 Å². The predicted molar refractivity (Wildman–Crippen MR) is 75.2 cm³/mol. The molecule has 0 amide bonds. The Morgan fingerprint density at radius 2 is 2.00 bits per heavy atom. The molecule has 0 bridgehead atoms. The fraction of sp³-hybridized carbons (Fsp3) is 0.0714. The van der Waals surface area contributed by atoms with Crippen molar-refractivity contribution in [1.82, 2.24) is 0 Å². The number of hydrogen-bond acceptors (Lipinski definition) is 2. The maximum Gasteiger partial charge on any atom is 0.150 e. The summed E-state index contributed by atoms with van der Waals surface area (Å²) >= 11 is 8.88. The zero-order chi connectivity index (χ0) is 14.7. The van der Waals surface area contributed by atoms with Crippen LogP contribution in [0.2, 0.25) is 5.02 Å². The number of benzene rings is 2. The summed E-state index contributed by atoms with van der Waals surface area (Å²) in [4.78, 5) is 10.6. The summed E-state index contributed by atoms with van der Waals surface area (Å²) in [6.45, 7) is -0.308. The van der Waals surface area contributed by atoms with Crippen LogP contribution in [0.4, 0.5) is 8.78 Å². The maximum absolute atomic E-state index is 13.7. The quantitative estimate of drug-likeness (QED) is 0.579. The molecule has 0 N–H and O–H groups in total. The highest BCUT2D eigenvalue weighted by atomic mass is 79.9. The van der Waals surface area contributed by atoms with Crippen LogP contribution in [0.1, 0.15) is 15.9 Å². The molecule has 0 spiro atoms. The second-order valence-electron chi connectivity index (χ2n) is 3.92. The van der Waals surface area contributed by atoms with Gasteiger partial charge in [0, 0.05) is 5.56 Å². The lowest BCUT2D eigenvalue weighted by Gasteiger charge is -2.10. The summed E-state index contributed by atoms with van der Waals surface area (Å²) in [6.07, 6.45) is 0.642. The number of hydrogen-bond donors (Lipinski definition) is 0. The monoisotopic (exact) mass is 360 g/mol. The van der Waals surface area contributed by atoms with E-state index in [4.69, 9.17) is 16.3 Å². The van der Waals surface area contributed by atoms with Gasteiger partial charge >= 0.3 is 0 Å². The molecule has 0 saturated heterocycles. The van der Waals surface area contributed by atoms with Gasteiger partial charge in [-0.2, -0.15) is 0 Å². The van der Waals surface area contributed by atoms with Crippen molar-refractivity contribution in [3.05, 3.63) is 62.6 Å². The molecule has 20 heavy (non-hydrogen) atoms. The first-order valence-corrected chi connectivity index (χ1v) is 6.70.